The first-order valence-corrected chi connectivity index (χ1v) is 6.86. The highest BCUT2D eigenvalue weighted by Gasteiger charge is 2.16. The molecule has 0 aromatic heterocycles. The van der Waals surface area contributed by atoms with Gasteiger partial charge in [-0.05, 0) is 31.5 Å². The largest absolute Gasteiger partial charge is 0.493 e. The van der Waals surface area contributed by atoms with Crippen molar-refractivity contribution >= 4 is 17.3 Å². The van der Waals surface area contributed by atoms with Gasteiger partial charge in [0.15, 0.2) is 11.5 Å². The van der Waals surface area contributed by atoms with Crippen LogP contribution < -0.4 is 20.5 Å². The molecule has 0 saturated heterocycles. The van der Waals surface area contributed by atoms with E-state index in [0.717, 1.165) is 16.8 Å². The highest BCUT2D eigenvalue weighted by atomic mass is 16.5. The molecule has 0 bridgehead atoms. The van der Waals surface area contributed by atoms with E-state index in [1.165, 1.54) is 14.2 Å². The lowest BCUT2D eigenvalue weighted by atomic mass is 10.1. The number of anilines is 2. The van der Waals surface area contributed by atoms with Crippen LogP contribution in [0, 0.1) is 13.8 Å². The molecular formula is C17H20N2O3. The normalized spacial score (nSPS) is 10.2. The zero-order valence-electron chi connectivity index (χ0n) is 13.2. The number of methoxy groups -OCH3 is 2. The minimum Gasteiger partial charge on any atom is -0.493 e. The topological polar surface area (TPSA) is 73.6 Å². The summed E-state index contributed by atoms with van der Waals surface area (Å²) in [4.78, 5) is 12.5. The zero-order chi connectivity index (χ0) is 16.3. The van der Waals surface area contributed by atoms with Crippen molar-refractivity contribution in [3.05, 3.63) is 47.0 Å². The van der Waals surface area contributed by atoms with E-state index in [9.17, 15) is 4.79 Å². The second-order valence-corrected chi connectivity index (χ2v) is 5.07. The molecule has 0 spiro atoms. The number of nitrogen functional groups attached to an aromatic ring is 1. The summed E-state index contributed by atoms with van der Waals surface area (Å²) < 4.78 is 10.4. The van der Waals surface area contributed by atoms with Crippen LogP contribution in [-0.4, -0.2) is 20.1 Å². The molecule has 2 rings (SSSR count). The number of carbonyl (C=O) groups excluding carboxylic acids is 1. The third kappa shape index (κ3) is 3.14. The maximum Gasteiger partial charge on any atom is 0.257 e. The molecule has 3 N–H and O–H groups in total. The summed E-state index contributed by atoms with van der Waals surface area (Å²) in [5.74, 6) is 0.663. The van der Waals surface area contributed by atoms with Crippen molar-refractivity contribution in [2.45, 2.75) is 13.8 Å². The predicted octanol–water partition coefficient (Wildman–Crippen LogP) is 3.16. The van der Waals surface area contributed by atoms with Crippen LogP contribution in [0.1, 0.15) is 21.5 Å². The van der Waals surface area contributed by atoms with Crippen molar-refractivity contribution in [2.24, 2.45) is 0 Å². The van der Waals surface area contributed by atoms with Crippen LogP contribution in [0.2, 0.25) is 0 Å². The molecule has 5 nitrogen and oxygen atoms in total. The van der Waals surface area contributed by atoms with Crippen molar-refractivity contribution in [3.63, 3.8) is 0 Å². The first kappa shape index (κ1) is 15.7. The summed E-state index contributed by atoms with van der Waals surface area (Å²) in [5, 5.41) is 2.87. The van der Waals surface area contributed by atoms with Gasteiger partial charge in [-0.25, -0.2) is 0 Å². The monoisotopic (exact) mass is 300 g/mol. The second-order valence-electron chi connectivity index (χ2n) is 5.07. The minimum absolute atomic E-state index is 0.287. The van der Waals surface area contributed by atoms with Crippen LogP contribution in [-0.2, 0) is 0 Å². The number of benzene rings is 2. The van der Waals surface area contributed by atoms with Gasteiger partial charge in [-0.15, -0.1) is 0 Å². The molecule has 0 saturated carbocycles. The first-order valence-electron chi connectivity index (χ1n) is 6.86. The quantitative estimate of drug-likeness (QED) is 0.851. The smallest absolute Gasteiger partial charge is 0.257 e. The van der Waals surface area contributed by atoms with E-state index >= 15 is 0 Å². The van der Waals surface area contributed by atoms with E-state index in [1.807, 2.05) is 32.0 Å². The maximum atomic E-state index is 12.5. The predicted molar refractivity (Wildman–Crippen MR) is 87.8 cm³/mol. The van der Waals surface area contributed by atoms with Crippen molar-refractivity contribution in [1.29, 1.82) is 0 Å². The molecule has 0 unspecified atom stereocenters. The van der Waals surface area contributed by atoms with Gasteiger partial charge >= 0.3 is 0 Å². The summed E-state index contributed by atoms with van der Waals surface area (Å²) in [6.07, 6.45) is 0. The maximum absolute atomic E-state index is 12.5. The molecule has 0 heterocycles. The molecule has 0 fully saturated rings. The summed E-state index contributed by atoms with van der Waals surface area (Å²) in [5.41, 5.74) is 9.51. The molecular weight excluding hydrogens is 280 g/mol. The minimum atomic E-state index is -0.287. The van der Waals surface area contributed by atoms with Crippen LogP contribution in [0.5, 0.6) is 11.5 Å². The second kappa shape index (κ2) is 6.39. The Morgan fingerprint density at radius 3 is 2.27 bits per heavy atom. The molecule has 22 heavy (non-hydrogen) atoms. The third-order valence-corrected chi connectivity index (χ3v) is 3.43. The Bertz CT molecular complexity index is 711. The Hall–Kier alpha value is -2.69. The number of ether oxygens (including phenoxy) is 2. The van der Waals surface area contributed by atoms with Gasteiger partial charge in [-0.3, -0.25) is 4.79 Å². The Balaban J connectivity index is 2.33. The van der Waals surface area contributed by atoms with E-state index in [2.05, 4.69) is 5.32 Å². The number of carbonyl (C=O) groups is 1. The van der Waals surface area contributed by atoms with Crippen molar-refractivity contribution < 1.29 is 14.3 Å². The molecule has 2 aromatic carbocycles. The number of aryl methyl sites for hydroxylation is 2. The number of hydrogen-bond acceptors (Lipinski definition) is 4. The third-order valence-electron chi connectivity index (χ3n) is 3.43. The molecule has 1 amide bonds. The van der Waals surface area contributed by atoms with Gasteiger partial charge in [0, 0.05) is 17.4 Å². The average molecular weight is 300 g/mol. The molecule has 2 aromatic rings. The van der Waals surface area contributed by atoms with Crippen molar-refractivity contribution in [2.75, 3.05) is 25.3 Å². The Morgan fingerprint density at radius 1 is 1.05 bits per heavy atom. The van der Waals surface area contributed by atoms with Gasteiger partial charge in [0.2, 0.25) is 0 Å². The molecule has 0 radical (unpaired) electrons. The number of nitrogens with two attached hydrogens (primary N) is 1. The SMILES string of the molecule is COc1cc(N)c(C(=O)Nc2ccc(C)cc2C)cc1OC. The van der Waals surface area contributed by atoms with Gasteiger partial charge < -0.3 is 20.5 Å². The first-order chi connectivity index (χ1) is 10.5. The van der Waals surface area contributed by atoms with Crippen molar-refractivity contribution in [3.8, 4) is 11.5 Å². The summed E-state index contributed by atoms with van der Waals surface area (Å²) in [7, 11) is 3.03. The standard InChI is InChI=1S/C17H20N2O3/c1-10-5-6-14(11(2)7-10)19-17(20)12-8-15(21-3)16(22-4)9-13(12)18/h5-9H,18H2,1-4H3,(H,19,20). The van der Waals surface area contributed by atoms with Gasteiger partial charge in [0.25, 0.3) is 5.91 Å². The molecule has 0 aliphatic carbocycles. The molecule has 0 atom stereocenters. The van der Waals surface area contributed by atoms with Gasteiger partial charge in [0.1, 0.15) is 0 Å². The van der Waals surface area contributed by atoms with Crippen LogP contribution >= 0.6 is 0 Å². The van der Waals surface area contributed by atoms with E-state index < -0.39 is 0 Å². The fraction of sp³-hybridized carbons (Fsp3) is 0.235. The van der Waals surface area contributed by atoms with E-state index in [-0.39, 0.29) is 5.91 Å². The Labute approximate surface area is 130 Å². The number of nitrogens with one attached hydrogen (secondary N) is 1. The van der Waals surface area contributed by atoms with E-state index in [4.69, 9.17) is 15.2 Å². The van der Waals surface area contributed by atoms with Gasteiger partial charge in [-0.2, -0.15) is 0 Å². The lowest BCUT2D eigenvalue weighted by Gasteiger charge is -2.13. The summed E-state index contributed by atoms with van der Waals surface area (Å²) in [6.45, 7) is 3.95. The molecule has 5 heteroatoms. The zero-order valence-corrected chi connectivity index (χ0v) is 13.2. The number of hydrogen-bond donors (Lipinski definition) is 2. The number of rotatable bonds is 4. The molecule has 0 aliphatic rings. The summed E-state index contributed by atoms with van der Waals surface area (Å²) in [6, 6.07) is 8.98. The van der Waals surface area contributed by atoms with Crippen molar-refractivity contribution in [1.82, 2.24) is 0 Å². The lowest BCUT2D eigenvalue weighted by molar-refractivity contribution is 0.102. The Morgan fingerprint density at radius 2 is 1.68 bits per heavy atom. The van der Waals surface area contributed by atoms with Gasteiger partial charge in [0.05, 0.1) is 19.8 Å². The molecule has 0 aliphatic heterocycles. The lowest BCUT2D eigenvalue weighted by Crippen LogP contribution is -2.15. The average Bonchev–Trinajstić information content (AvgIpc) is 2.49. The van der Waals surface area contributed by atoms with E-state index in [0.29, 0.717) is 22.7 Å². The van der Waals surface area contributed by atoms with Crippen LogP contribution in [0.15, 0.2) is 30.3 Å². The molecule has 116 valence electrons. The number of amides is 1. The van der Waals surface area contributed by atoms with Crippen LogP contribution in [0.25, 0.3) is 0 Å². The highest BCUT2D eigenvalue weighted by molar-refractivity contribution is 6.08. The fourth-order valence-corrected chi connectivity index (χ4v) is 2.23. The van der Waals surface area contributed by atoms with Crippen LogP contribution in [0.4, 0.5) is 11.4 Å². The van der Waals surface area contributed by atoms with Crippen LogP contribution in [0.3, 0.4) is 0 Å². The highest BCUT2D eigenvalue weighted by Crippen LogP contribution is 2.32. The summed E-state index contributed by atoms with van der Waals surface area (Å²) >= 11 is 0. The van der Waals surface area contributed by atoms with E-state index in [1.54, 1.807) is 12.1 Å². The van der Waals surface area contributed by atoms with Gasteiger partial charge in [-0.1, -0.05) is 17.7 Å². The fourth-order valence-electron chi connectivity index (χ4n) is 2.23. The Kier molecular flexibility index (Phi) is 4.56.